The minimum atomic E-state index is -1.12. The third kappa shape index (κ3) is 7.01. The Morgan fingerprint density at radius 2 is 1.46 bits per heavy atom. The summed E-state index contributed by atoms with van der Waals surface area (Å²) in [7, 11) is 0. The second-order valence-electron chi connectivity index (χ2n) is 11.4. The minimum Gasteiger partial charge on any atom is -0.478 e. The number of hydrazone groups is 1. The number of thiazole rings is 1. The first-order chi connectivity index (χ1) is 22.2. The molecule has 0 atom stereocenters. The number of aromatic nitrogens is 1. The highest BCUT2D eigenvalue weighted by Crippen LogP contribution is 2.30. The van der Waals surface area contributed by atoms with E-state index in [1.54, 1.807) is 90.7 Å². The second kappa shape index (κ2) is 13.2. The Labute approximate surface area is 275 Å². The number of piperidine rings is 1. The average Bonchev–Trinajstić information content (AvgIpc) is 3.52. The number of benzene rings is 4. The fourth-order valence-electron chi connectivity index (χ4n) is 5.20. The highest BCUT2D eigenvalue weighted by atomic mass is 35.5. The van der Waals surface area contributed by atoms with Crippen molar-refractivity contribution in [2.24, 2.45) is 5.10 Å². The van der Waals surface area contributed by atoms with Gasteiger partial charge in [0, 0.05) is 58.9 Å². The number of ketones is 1. The van der Waals surface area contributed by atoms with Crippen LogP contribution in [0.2, 0.25) is 5.02 Å². The number of ether oxygens (including phenoxy) is 1. The molecule has 6 rings (SSSR count). The molecule has 1 aromatic heterocycles. The Morgan fingerprint density at radius 3 is 2.11 bits per heavy atom. The molecule has 1 saturated heterocycles. The Morgan fingerprint density at radius 1 is 0.848 bits per heavy atom. The van der Waals surface area contributed by atoms with Crippen molar-refractivity contribution >= 4 is 56.5 Å². The predicted octanol–water partition coefficient (Wildman–Crippen LogP) is 7.41. The fraction of sp³-hybridized carbons (Fsp3) is 0.194. The van der Waals surface area contributed by atoms with E-state index in [0.717, 1.165) is 26.5 Å². The number of halogens is 1. The van der Waals surface area contributed by atoms with Gasteiger partial charge in [-0.1, -0.05) is 35.9 Å². The molecule has 0 bridgehead atoms. The average molecular weight is 651 g/mol. The summed E-state index contributed by atoms with van der Waals surface area (Å²) < 4.78 is 7.19. The summed E-state index contributed by atoms with van der Waals surface area (Å²) >= 11 is 7.54. The molecule has 0 spiro atoms. The monoisotopic (exact) mass is 650 g/mol. The normalized spacial score (nSPS) is 13.4. The van der Waals surface area contributed by atoms with Crippen molar-refractivity contribution < 1.29 is 19.1 Å². The van der Waals surface area contributed by atoms with Crippen LogP contribution in [0.25, 0.3) is 20.8 Å². The number of hydrogen-bond acceptors (Lipinski definition) is 7. The third-order valence-corrected chi connectivity index (χ3v) is 9.08. The standard InChI is InChI=1S/C36H31ClN4O4S/c1-36(2,45-29-17-13-24(14-18-29)32(42)23-11-15-27(37)16-12-23)35(44)41-21-19-28(20-22-41)39-40-33(43)25-7-9-26(10-8-25)34-38-30-5-3-4-6-31(30)46-34/h3-18H,19-22H2,1-2H3,(H,40,43). The zero-order valence-electron chi connectivity index (χ0n) is 25.3. The van der Waals surface area contributed by atoms with Gasteiger partial charge in [-0.25, -0.2) is 10.4 Å². The number of para-hydroxylation sites is 1. The van der Waals surface area contributed by atoms with Crippen LogP contribution in [-0.2, 0) is 4.79 Å². The summed E-state index contributed by atoms with van der Waals surface area (Å²) in [5, 5.41) is 5.82. The molecule has 2 heterocycles. The van der Waals surface area contributed by atoms with Crippen LogP contribution in [0, 0.1) is 0 Å². The van der Waals surface area contributed by atoms with Gasteiger partial charge in [0.05, 0.1) is 10.2 Å². The van der Waals surface area contributed by atoms with E-state index >= 15 is 0 Å². The van der Waals surface area contributed by atoms with Crippen LogP contribution in [0.5, 0.6) is 5.75 Å². The van der Waals surface area contributed by atoms with Crippen LogP contribution in [0.3, 0.4) is 0 Å². The van der Waals surface area contributed by atoms with Crippen molar-refractivity contribution in [3.63, 3.8) is 0 Å². The number of nitrogens with zero attached hydrogens (tertiary/aromatic N) is 3. The predicted molar refractivity (Wildman–Crippen MR) is 182 cm³/mol. The van der Waals surface area contributed by atoms with Crippen LogP contribution in [0.1, 0.15) is 53.0 Å². The molecule has 1 N–H and O–H groups in total. The SMILES string of the molecule is CC(C)(Oc1ccc(C(=O)c2ccc(Cl)cc2)cc1)C(=O)N1CCC(=NNC(=O)c2ccc(-c3nc4ccccc4s3)cc2)CC1. The van der Waals surface area contributed by atoms with Gasteiger partial charge in [0.2, 0.25) is 0 Å². The largest absolute Gasteiger partial charge is 0.478 e. The van der Waals surface area contributed by atoms with E-state index in [2.05, 4.69) is 15.5 Å². The maximum absolute atomic E-state index is 13.4. The first-order valence-corrected chi connectivity index (χ1v) is 16.1. The highest BCUT2D eigenvalue weighted by molar-refractivity contribution is 7.21. The topological polar surface area (TPSA) is 101 Å². The van der Waals surface area contributed by atoms with Gasteiger partial charge < -0.3 is 9.64 Å². The number of carbonyl (C=O) groups is 3. The van der Waals surface area contributed by atoms with Crippen molar-refractivity contribution in [2.75, 3.05) is 13.1 Å². The van der Waals surface area contributed by atoms with Gasteiger partial charge in [0.15, 0.2) is 11.4 Å². The van der Waals surface area contributed by atoms with Crippen LogP contribution < -0.4 is 10.2 Å². The number of fused-ring (bicyclic) bond motifs is 1. The van der Waals surface area contributed by atoms with E-state index in [-0.39, 0.29) is 17.6 Å². The molecule has 46 heavy (non-hydrogen) atoms. The van der Waals surface area contributed by atoms with Crippen molar-refractivity contribution in [3.8, 4) is 16.3 Å². The van der Waals surface area contributed by atoms with Crippen molar-refractivity contribution in [2.45, 2.75) is 32.3 Å². The van der Waals surface area contributed by atoms with Crippen LogP contribution in [-0.4, -0.2) is 51.9 Å². The van der Waals surface area contributed by atoms with E-state index in [1.165, 1.54) is 0 Å². The van der Waals surface area contributed by atoms with Crippen molar-refractivity contribution in [3.05, 3.63) is 119 Å². The maximum Gasteiger partial charge on any atom is 0.271 e. The van der Waals surface area contributed by atoms with Gasteiger partial charge in [-0.2, -0.15) is 5.10 Å². The Hall–Kier alpha value is -4.86. The number of amides is 2. The van der Waals surface area contributed by atoms with Crippen LogP contribution in [0.15, 0.2) is 102 Å². The molecule has 0 radical (unpaired) electrons. The molecule has 2 amide bonds. The number of hydrogen-bond donors (Lipinski definition) is 1. The van der Waals surface area contributed by atoms with Crippen LogP contribution in [0.4, 0.5) is 0 Å². The first-order valence-electron chi connectivity index (χ1n) is 14.9. The molecule has 10 heteroatoms. The lowest BCUT2D eigenvalue weighted by molar-refractivity contribution is -0.145. The lowest BCUT2D eigenvalue weighted by atomic mass is 10.0. The zero-order valence-corrected chi connectivity index (χ0v) is 26.9. The number of carbonyl (C=O) groups excluding carboxylic acids is 3. The van der Waals surface area contributed by atoms with Crippen LogP contribution >= 0.6 is 22.9 Å². The molecule has 0 aliphatic carbocycles. The fourth-order valence-corrected chi connectivity index (χ4v) is 6.29. The lowest BCUT2D eigenvalue weighted by Crippen LogP contribution is -2.51. The molecule has 8 nitrogen and oxygen atoms in total. The van der Waals surface area contributed by atoms with E-state index < -0.39 is 5.60 Å². The van der Waals surface area contributed by atoms with Gasteiger partial charge >= 0.3 is 0 Å². The second-order valence-corrected chi connectivity index (χ2v) is 12.9. The highest BCUT2D eigenvalue weighted by Gasteiger charge is 2.35. The third-order valence-electron chi connectivity index (χ3n) is 7.74. The van der Waals surface area contributed by atoms with E-state index in [0.29, 0.717) is 53.4 Å². The maximum atomic E-state index is 13.4. The first kappa shape index (κ1) is 31.1. The molecule has 4 aromatic carbocycles. The summed E-state index contributed by atoms with van der Waals surface area (Å²) in [4.78, 5) is 45.3. The Kier molecular flexibility index (Phi) is 8.96. The minimum absolute atomic E-state index is 0.126. The van der Waals surface area contributed by atoms with Gasteiger partial charge in [0.1, 0.15) is 10.8 Å². The molecule has 1 aliphatic heterocycles. The van der Waals surface area contributed by atoms with Gasteiger partial charge in [-0.3, -0.25) is 14.4 Å². The lowest BCUT2D eigenvalue weighted by Gasteiger charge is -2.34. The van der Waals surface area contributed by atoms with Gasteiger partial charge in [0.25, 0.3) is 11.8 Å². The molecular formula is C36H31ClN4O4S. The quantitative estimate of drug-likeness (QED) is 0.139. The summed E-state index contributed by atoms with van der Waals surface area (Å²) in [6, 6.07) is 28.8. The number of nitrogens with one attached hydrogen (secondary N) is 1. The molecule has 5 aromatic rings. The molecule has 0 unspecified atom stereocenters. The molecule has 0 saturated carbocycles. The van der Waals surface area contributed by atoms with Gasteiger partial charge in [-0.15, -0.1) is 11.3 Å². The van der Waals surface area contributed by atoms with Crippen molar-refractivity contribution in [1.82, 2.24) is 15.3 Å². The Bertz CT molecular complexity index is 1890. The number of rotatable bonds is 8. The Balaban J connectivity index is 0.996. The molecular weight excluding hydrogens is 620 g/mol. The summed E-state index contributed by atoms with van der Waals surface area (Å²) in [5.41, 5.74) is 5.82. The summed E-state index contributed by atoms with van der Waals surface area (Å²) in [6.07, 6.45) is 1.08. The number of likely N-dealkylation sites (tertiary alicyclic amines) is 1. The summed E-state index contributed by atoms with van der Waals surface area (Å²) in [5.74, 6) is -0.0810. The summed E-state index contributed by atoms with van der Waals surface area (Å²) in [6.45, 7) is 4.39. The van der Waals surface area contributed by atoms with E-state index in [1.807, 2.05) is 36.4 Å². The van der Waals surface area contributed by atoms with Crippen molar-refractivity contribution in [1.29, 1.82) is 0 Å². The van der Waals surface area contributed by atoms with E-state index in [9.17, 15) is 14.4 Å². The van der Waals surface area contributed by atoms with E-state index in [4.69, 9.17) is 16.3 Å². The molecule has 1 fully saturated rings. The van der Waals surface area contributed by atoms with Gasteiger partial charge in [-0.05, 0) is 86.6 Å². The smallest absolute Gasteiger partial charge is 0.271 e. The molecule has 232 valence electrons. The molecule has 1 aliphatic rings. The zero-order chi connectivity index (χ0) is 32.3.